The summed E-state index contributed by atoms with van der Waals surface area (Å²) >= 11 is 0. The standard InChI is InChI=1S/C23H30N6O2S/c1-18-22(19(2)29(26-18)17-20-7-5-4-6-8-20)16-25-23-10-9-21(15-24-23)32(30,31)28-13-11-27(3)12-14-28/h4-10,15H,11-14,16-17H2,1-3H3,(H,24,25). The van der Waals surface area contributed by atoms with Gasteiger partial charge in [0.25, 0.3) is 0 Å². The molecule has 9 heteroatoms. The molecule has 0 unspecified atom stereocenters. The summed E-state index contributed by atoms with van der Waals surface area (Å²) in [5, 5.41) is 7.99. The molecule has 3 aromatic rings. The number of hydrogen-bond acceptors (Lipinski definition) is 6. The first-order valence-corrected chi connectivity index (χ1v) is 12.2. The Kier molecular flexibility index (Phi) is 6.59. The Hall–Kier alpha value is -2.75. The number of nitrogens with one attached hydrogen (secondary N) is 1. The maximum atomic E-state index is 12.9. The van der Waals surface area contributed by atoms with E-state index in [0.29, 0.717) is 25.5 Å². The Labute approximate surface area is 189 Å². The van der Waals surface area contributed by atoms with Crippen molar-refractivity contribution < 1.29 is 8.42 Å². The van der Waals surface area contributed by atoms with Crippen LogP contribution in [0, 0.1) is 13.8 Å². The van der Waals surface area contributed by atoms with Crippen molar-refractivity contribution in [3.8, 4) is 0 Å². The van der Waals surface area contributed by atoms with Gasteiger partial charge in [0.1, 0.15) is 10.7 Å². The van der Waals surface area contributed by atoms with Crippen LogP contribution in [0.4, 0.5) is 5.82 Å². The molecule has 1 fully saturated rings. The van der Waals surface area contributed by atoms with Gasteiger partial charge >= 0.3 is 0 Å². The number of piperazine rings is 1. The van der Waals surface area contributed by atoms with Gasteiger partial charge in [-0.05, 0) is 38.6 Å². The van der Waals surface area contributed by atoms with Crippen LogP contribution in [-0.2, 0) is 23.1 Å². The lowest BCUT2D eigenvalue weighted by Crippen LogP contribution is -2.47. The Balaban J connectivity index is 1.41. The highest BCUT2D eigenvalue weighted by atomic mass is 32.2. The summed E-state index contributed by atoms with van der Waals surface area (Å²) in [6.45, 7) is 7.86. The van der Waals surface area contributed by atoms with Gasteiger partial charge in [-0.3, -0.25) is 4.68 Å². The molecule has 1 aromatic carbocycles. The fourth-order valence-corrected chi connectivity index (χ4v) is 5.26. The van der Waals surface area contributed by atoms with Crippen molar-refractivity contribution in [2.75, 3.05) is 38.5 Å². The molecule has 1 N–H and O–H groups in total. The van der Waals surface area contributed by atoms with E-state index in [9.17, 15) is 8.42 Å². The van der Waals surface area contributed by atoms with Gasteiger partial charge in [-0.1, -0.05) is 30.3 Å². The second kappa shape index (κ2) is 9.40. The molecular formula is C23H30N6O2S. The number of anilines is 1. The summed E-state index contributed by atoms with van der Waals surface area (Å²) in [6, 6.07) is 13.6. The van der Waals surface area contributed by atoms with Gasteiger partial charge in [-0.25, -0.2) is 13.4 Å². The van der Waals surface area contributed by atoms with Gasteiger partial charge in [0.05, 0.1) is 12.2 Å². The number of likely N-dealkylation sites (N-methyl/N-ethyl adjacent to an activating group) is 1. The topological polar surface area (TPSA) is 83.4 Å². The van der Waals surface area contributed by atoms with Gasteiger partial charge < -0.3 is 10.2 Å². The van der Waals surface area contributed by atoms with Crippen LogP contribution in [0.25, 0.3) is 0 Å². The van der Waals surface area contributed by atoms with Crippen LogP contribution in [0.15, 0.2) is 53.6 Å². The molecule has 2 aromatic heterocycles. The molecule has 1 saturated heterocycles. The quantitative estimate of drug-likeness (QED) is 0.591. The summed E-state index contributed by atoms with van der Waals surface area (Å²) in [5.41, 5.74) is 4.40. The third kappa shape index (κ3) is 4.85. The van der Waals surface area contributed by atoms with Crippen LogP contribution in [0.3, 0.4) is 0 Å². The van der Waals surface area contributed by atoms with E-state index in [0.717, 1.165) is 36.6 Å². The van der Waals surface area contributed by atoms with Gasteiger partial charge in [0.2, 0.25) is 10.0 Å². The molecule has 0 spiro atoms. The minimum absolute atomic E-state index is 0.232. The summed E-state index contributed by atoms with van der Waals surface area (Å²) < 4.78 is 29.3. The zero-order chi connectivity index (χ0) is 22.7. The number of aryl methyl sites for hydroxylation is 1. The normalized spacial score (nSPS) is 15.7. The molecule has 32 heavy (non-hydrogen) atoms. The molecule has 1 aliphatic rings. The zero-order valence-corrected chi connectivity index (χ0v) is 19.6. The lowest BCUT2D eigenvalue weighted by Gasteiger charge is -2.31. The average molecular weight is 455 g/mol. The molecular weight excluding hydrogens is 424 g/mol. The van der Waals surface area contributed by atoms with E-state index in [1.54, 1.807) is 12.1 Å². The average Bonchev–Trinajstić information content (AvgIpc) is 3.06. The van der Waals surface area contributed by atoms with Crippen molar-refractivity contribution in [1.82, 2.24) is 24.0 Å². The molecule has 3 heterocycles. The first kappa shape index (κ1) is 22.4. The Bertz CT molecular complexity index is 1150. The molecule has 0 saturated carbocycles. The first-order valence-electron chi connectivity index (χ1n) is 10.8. The van der Waals surface area contributed by atoms with Crippen LogP contribution in [0.2, 0.25) is 0 Å². The smallest absolute Gasteiger partial charge is 0.244 e. The van der Waals surface area contributed by atoms with Crippen molar-refractivity contribution in [1.29, 1.82) is 0 Å². The molecule has 4 rings (SSSR count). The minimum atomic E-state index is -3.51. The van der Waals surface area contributed by atoms with E-state index in [2.05, 4.69) is 39.4 Å². The van der Waals surface area contributed by atoms with Crippen molar-refractivity contribution in [3.63, 3.8) is 0 Å². The fourth-order valence-electron chi connectivity index (χ4n) is 3.89. The van der Waals surface area contributed by atoms with E-state index in [1.807, 2.05) is 36.9 Å². The number of aromatic nitrogens is 3. The fraction of sp³-hybridized carbons (Fsp3) is 0.391. The number of nitrogens with zero attached hydrogens (tertiary/aromatic N) is 5. The number of sulfonamides is 1. The molecule has 170 valence electrons. The van der Waals surface area contributed by atoms with E-state index < -0.39 is 10.0 Å². The third-order valence-electron chi connectivity index (χ3n) is 5.99. The molecule has 1 aliphatic heterocycles. The van der Waals surface area contributed by atoms with Crippen LogP contribution >= 0.6 is 0 Å². The second-order valence-electron chi connectivity index (χ2n) is 8.23. The van der Waals surface area contributed by atoms with E-state index >= 15 is 0 Å². The van der Waals surface area contributed by atoms with Gasteiger partial charge in [-0.2, -0.15) is 9.40 Å². The predicted molar refractivity (Wildman–Crippen MR) is 125 cm³/mol. The highest BCUT2D eigenvalue weighted by Gasteiger charge is 2.27. The van der Waals surface area contributed by atoms with E-state index in [1.165, 1.54) is 16.1 Å². The summed E-state index contributed by atoms with van der Waals surface area (Å²) in [6.07, 6.45) is 1.44. The SMILES string of the molecule is Cc1nn(Cc2ccccc2)c(C)c1CNc1ccc(S(=O)(=O)N2CCN(C)CC2)cn1. The number of rotatable bonds is 7. The van der Waals surface area contributed by atoms with Crippen molar-refractivity contribution in [3.05, 3.63) is 71.2 Å². The monoisotopic (exact) mass is 454 g/mol. The lowest BCUT2D eigenvalue weighted by atomic mass is 10.2. The van der Waals surface area contributed by atoms with Crippen LogP contribution < -0.4 is 5.32 Å². The minimum Gasteiger partial charge on any atom is -0.366 e. The van der Waals surface area contributed by atoms with Crippen LogP contribution in [0.5, 0.6) is 0 Å². The molecule has 0 aliphatic carbocycles. The Morgan fingerprint density at radius 1 is 1.00 bits per heavy atom. The molecule has 0 radical (unpaired) electrons. The van der Waals surface area contributed by atoms with E-state index in [-0.39, 0.29) is 4.90 Å². The summed E-state index contributed by atoms with van der Waals surface area (Å²) in [7, 11) is -1.51. The molecule has 8 nitrogen and oxygen atoms in total. The number of hydrogen-bond donors (Lipinski definition) is 1. The molecule has 0 atom stereocenters. The summed E-state index contributed by atoms with van der Waals surface area (Å²) in [4.78, 5) is 6.71. The van der Waals surface area contributed by atoms with Crippen molar-refractivity contribution in [2.24, 2.45) is 0 Å². The first-order chi connectivity index (χ1) is 15.3. The summed E-state index contributed by atoms with van der Waals surface area (Å²) in [5.74, 6) is 0.636. The number of benzene rings is 1. The Morgan fingerprint density at radius 2 is 1.72 bits per heavy atom. The number of pyridine rings is 1. The van der Waals surface area contributed by atoms with Crippen molar-refractivity contribution in [2.45, 2.75) is 31.8 Å². The largest absolute Gasteiger partial charge is 0.366 e. The maximum Gasteiger partial charge on any atom is 0.244 e. The highest BCUT2D eigenvalue weighted by Crippen LogP contribution is 2.20. The molecule has 0 amide bonds. The second-order valence-corrected chi connectivity index (χ2v) is 10.2. The molecule has 0 bridgehead atoms. The van der Waals surface area contributed by atoms with Gasteiger partial charge in [0, 0.05) is 50.2 Å². The van der Waals surface area contributed by atoms with Crippen LogP contribution in [-0.4, -0.2) is 65.6 Å². The van der Waals surface area contributed by atoms with Crippen molar-refractivity contribution >= 4 is 15.8 Å². The highest BCUT2D eigenvalue weighted by molar-refractivity contribution is 7.89. The lowest BCUT2D eigenvalue weighted by molar-refractivity contribution is 0.222. The maximum absolute atomic E-state index is 12.9. The predicted octanol–water partition coefficient (Wildman–Crippen LogP) is 2.49. The van der Waals surface area contributed by atoms with Crippen LogP contribution in [0.1, 0.15) is 22.5 Å². The van der Waals surface area contributed by atoms with Gasteiger partial charge in [-0.15, -0.1) is 0 Å². The third-order valence-corrected chi connectivity index (χ3v) is 7.87. The van der Waals surface area contributed by atoms with E-state index in [4.69, 9.17) is 0 Å². The Morgan fingerprint density at radius 3 is 2.38 bits per heavy atom. The van der Waals surface area contributed by atoms with Gasteiger partial charge in [0.15, 0.2) is 0 Å². The zero-order valence-electron chi connectivity index (χ0n) is 18.8.